The third-order valence-electron chi connectivity index (χ3n) is 0.862. The van der Waals surface area contributed by atoms with Crippen LogP contribution >= 0.6 is 7.82 Å². The van der Waals surface area contributed by atoms with E-state index in [0.717, 1.165) is 0 Å². The zero-order valence-electron chi connectivity index (χ0n) is 10.0. The molecule has 0 aromatic carbocycles. The summed E-state index contributed by atoms with van der Waals surface area (Å²) in [4.78, 5) is 0. The van der Waals surface area contributed by atoms with Crippen LogP contribution in [-0.4, -0.2) is 36.5 Å². The van der Waals surface area contributed by atoms with E-state index in [1.807, 2.05) is 0 Å². The lowest BCUT2D eigenvalue weighted by atomic mass is 10.9. The molecule has 0 saturated heterocycles. The van der Waals surface area contributed by atoms with Gasteiger partial charge in [0, 0.05) is 23.3 Å². The van der Waals surface area contributed by atoms with Crippen LogP contribution in [0.2, 0.25) is 0 Å². The second-order valence-electron chi connectivity index (χ2n) is 2.44. The minimum atomic E-state index is -3.22. The van der Waals surface area contributed by atoms with Crippen molar-refractivity contribution in [1.29, 1.82) is 0 Å². The molecule has 0 amide bonds. The highest BCUT2D eigenvalue weighted by molar-refractivity contribution is 7.83. The number of rotatable bonds is 6. The topological polar surface area (TPSA) is 61.8 Å². The van der Waals surface area contributed by atoms with E-state index in [0.29, 0.717) is 19.8 Å². The molecule has 15 heavy (non-hydrogen) atoms. The van der Waals surface area contributed by atoms with E-state index in [-0.39, 0.29) is 0 Å². The molecule has 0 aromatic rings. The fraction of sp³-hybridized carbons (Fsp3) is 1.00. The lowest BCUT2D eigenvalue weighted by Gasteiger charge is -2.14. The molecule has 0 saturated carbocycles. The smallest absolute Gasteiger partial charge is 0.287 e. The SMILES string of the molecule is CCOP(=O)(OCC)OCC.CS(C)=O. The van der Waals surface area contributed by atoms with Gasteiger partial charge in [-0.05, 0) is 20.8 Å². The highest BCUT2D eigenvalue weighted by Gasteiger charge is 2.23. The van der Waals surface area contributed by atoms with Gasteiger partial charge < -0.3 is 0 Å². The molecule has 0 atom stereocenters. The Bertz CT molecular complexity index is 181. The van der Waals surface area contributed by atoms with Gasteiger partial charge in [0.15, 0.2) is 0 Å². The number of phosphoric acid groups is 1. The van der Waals surface area contributed by atoms with Gasteiger partial charge in [0.05, 0.1) is 19.8 Å². The summed E-state index contributed by atoms with van der Waals surface area (Å²) in [5.41, 5.74) is 0. The van der Waals surface area contributed by atoms with Gasteiger partial charge in [-0.15, -0.1) is 0 Å². The quantitative estimate of drug-likeness (QED) is 0.685. The van der Waals surface area contributed by atoms with E-state index in [4.69, 9.17) is 13.6 Å². The number of hydrogen-bond acceptors (Lipinski definition) is 5. The van der Waals surface area contributed by atoms with Crippen molar-refractivity contribution in [3.63, 3.8) is 0 Å². The van der Waals surface area contributed by atoms with Crippen molar-refractivity contribution in [3.05, 3.63) is 0 Å². The zero-order chi connectivity index (χ0) is 12.3. The Morgan fingerprint density at radius 2 is 1.13 bits per heavy atom. The first-order valence-corrected chi connectivity index (χ1v) is 8.13. The molecule has 0 spiro atoms. The van der Waals surface area contributed by atoms with Crippen LogP contribution < -0.4 is 0 Å². The zero-order valence-corrected chi connectivity index (χ0v) is 11.7. The van der Waals surface area contributed by atoms with Gasteiger partial charge in [-0.1, -0.05) is 0 Å². The van der Waals surface area contributed by atoms with Gasteiger partial charge in [0.1, 0.15) is 0 Å². The maximum absolute atomic E-state index is 11.3. The van der Waals surface area contributed by atoms with Crippen molar-refractivity contribution in [3.8, 4) is 0 Å². The predicted molar refractivity (Wildman–Crippen MR) is 62.5 cm³/mol. The minimum absolute atomic E-state index is 0.331. The summed E-state index contributed by atoms with van der Waals surface area (Å²) in [5, 5.41) is 0. The molecule has 0 aliphatic rings. The van der Waals surface area contributed by atoms with E-state index in [1.165, 1.54) is 0 Å². The molecule has 0 bridgehead atoms. The predicted octanol–water partition coefficient (Wildman–Crippen LogP) is 2.20. The maximum Gasteiger partial charge on any atom is 0.474 e. The first kappa shape index (κ1) is 17.6. The molecular formula is C8H21O5PS. The molecule has 0 radical (unpaired) electrons. The van der Waals surface area contributed by atoms with Gasteiger partial charge in [-0.2, -0.15) is 0 Å². The fourth-order valence-corrected chi connectivity index (χ4v) is 1.76. The van der Waals surface area contributed by atoms with Crippen LogP contribution in [0.25, 0.3) is 0 Å². The normalized spacial score (nSPS) is 11.1. The van der Waals surface area contributed by atoms with Crippen molar-refractivity contribution in [2.75, 3.05) is 32.3 Å². The second kappa shape index (κ2) is 10.8. The molecule has 0 aliphatic heterocycles. The summed E-state index contributed by atoms with van der Waals surface area (Å²) in [7, 11) is -3.83. The Kier molecular flexibility index (Phi) is 12.7. The Hall–Kier alpha value is 0.260. The number of hydrogen-bond donors (Lipinski definition) is 0. The lowest BCUT2D eigenvalue weighted by molar-refractivity contribution is 0.126. The molecule has 0 N–H and O–H groups in total. The van der Waals surface area contributed by atoms with Crippen molar-refractivity contribution >= 4 is 18.6 Å². The standard InChI is InChI=1S/C6H15O4P.C2H6OS/c1-4-8-11(7,9-5-2)10-6-3;1-4(2)3/h4-6H2,1-3H3;1-2H3. The summed E-state index contributed by atoms with van der Waals surface area (Å²) in [6.07, 6.45) is 3.28. The first-order valence-electron chi connectivity index (χ1n) is 4.70. The third kappa shape index (κ3) is 14.3. The van der Waals surface area contributed by atoms with Crippen LogP contribution in [0.5, 0.6) is 0 Å². The van der Waals surface area contributed by atoms with Crippen LogP contribution in [0.1, 0.15) is 20.8 Å². The Morgan fingerprint density at radius 3 is 1.27 bits per heavy atom. The molecular weight excluding hydrogens is 239 g/mol. The summed E-state index contributed by atoms with van der Waals surface area (Å²) < 4.78 is 35.4. The third-order valence-corrected chi connectivity index (χ3v) is 2.58. The van der Waals surface area contributed by atoms with Crippen LogP contribution in [0.3, 0.4) is 0 Å². The van der Waals surface area contributed by atoms with E-state index in [2.05, 4.69) is 0 Å². The summed E-state index contributed by atoms with van der Waals surface area (Å²) >= 11 is 0. The van der Waals surface area contributed by atoms with E-state index in [9.17, 15) is 8.77 Å². The van der Waals surface area contributed by atoms with Gasteiger partial charge in [-0.3, -0.25) is 17.8 Å². The minimum Gasteiger partial charge on any atom is -0.287 e. The molecule has 0 unspecified atom stereocenters. The van der Waals surface area contributed by atoms with Gasteiger partial charge in [-0.25, -0.2) is 4.57 Å². The number of phosphoric ester groups is 1. The summed E-state index contributed by atoms with van der Waals surface area (Å²) in [6, 6.07) is 0. The average Bonchev–Trinajstić information content (AvgIpc) is 2.03. The largest absolute Gasteiger partial charge is 0.474 e. The van der Waals surface area contributed by atoms with E-state index < -0.39 is 18.6 Å². The maximum atomic E-state index is 11.3. The van der Waals surface area contributed by atoms with Crippen LogP contribution in [-0.2, 0) is 28.9 Å². The first-order chi connectivity index (χ1) is 6.91. The van der Waals surface area contributed by atoms with Gasteiger partial charge in [0.2, 0.25) is 0 Å². The van der Waals surface area contributed by atoms with Crippen LogP contribution in [0.15, 0.2) is 0 Å². The Balaban J connectivity index is 0. The molecule has 0 aliphatic carbocycles. The monoisotopic (exact) mass is 260 g/mol. The van der Waals surface area contributed by atoms with Crippen molar-refractivity contribution in [2.24, 2.45) is 0 Å². The summed E-state index contributed by atoms with van der Waals surface area (Å²) in [6.45, 7) is 6.21. The molecule has 7 heteroatoms. The van der Waals surface area contributed by atoms with Crippen LogP contribution in [0.4, 0.5) is 0 Å². The fourth-order valence-electron chi connectivity index (χ4n) is 0.586. The molecule has 0 aromatic heterocycles. The highest BCUT2D eigenvalue weighted by atomic mass is 32.2. The molecule has 94 valence electrons. The van der Waals surface area contributed by atoms with Crippen LogP contribution in [0, 0.1) is 0 Å². The van der Waals surface area contributed by atoms with Crippen molar-refractivity contribution in [1.82, 2.24) is 0 Å². The average molecular weight is 260 g/mol. The highest BCUT2D eigenvalue weighted by Crippen LogP contribution is 2.48. The van der Waals surface area contributed by atoms with Gasteiger partial charge >= 0.3 is 7.82 Å². The van der Waals surface area contributed by atoms with E-state index >= 15 is 0 Å². The van der Waals surface area contributed by atoms with E-state index in [1.54, 1.807) is 33.3 Å². The second-order valence-corrected chi connectivity index (χ2v) is 5.59. The Morgan fingerprint density at radius 1 is 0.933 bits per heavy atom. The molecule has 5 nitrogen and oxygen atoms in total. The molecule has 0 heterocycles. The summed E-state index contributed by atoms with van der Waals surface area (Å²) in [5.74, 6) is 0. The Labute approximate surface area is 94.6 Å². The van der Waals surface area contributed by atoms with Gasteiger partial charge in [0.25, 0.3) is 0 Å². The lowest BCUT2D eigenvalue weighted by Crippen LogP contribution is -1.99. The van der Waals surface area contributed by atoms with Crippen molar-refractivity contribution < 1.29 is 22.3 Å². The van der Waals surface area contributed by atoms with Crippen molar-refractivity contribution in [2.45, 2.75) is 20.8 Å². The molecule has 0 rings (SSSR count). The molecule has 0 fully saturated rings.